The van der Waals surface area contributed by atoms with E-state index < -0.39 is 0 Å². The maximum Gasteiger partial charge on any atom is 0.261 e. The topological polar surface area (TPSA) is 64.0 Å². The number of amides is 1. The van der Waals surface area contributed by atoms with Crippen molar-refractivity contribution in [2.75, 3.05) is 0 Å². The number of aryl methyl sites for hydroxylation is 1. The van der Waals surface area contributed by atoms with Crippen molar-refractivity contribution in [2.45, 2.75) is 32.4 Å². The molecule has 0 bridgehead atoms. The first kappa shape index (κ1) is 16.4. The maximum absolute atomic E-state index is 12.4. The van der Waals surface area contributed by atoms with Crippen LogP contribution in [-0.2, 0) is 11.3 Å². The first-order valence-electron chi connectivity index (χ1n) is 7.92. The van der Waals surface area contributed by atoms with Gasteiger partial charge in [-0.3, -0.25) is 14.2 Å². The van der Waals surface area contributed by atoms with E-state index in [1.807, 2.05) is 42.6 Å². The molecule has 1 aromatic carbocycles. The average Bonchev–Trinajstić information content (AvgIpc) is 3.12. The van der Waals surface area contributed by atoms with E-state index in [2.05, 4.69) is 10.3 Å². The van der Waals surface area contributed by atoms with Gasteiger partial charge in [0.2, 0.25) is 5.91 Å². The number of thiophene rings is 1. The molecular formula is C18H19N3O2S. The number of carbonyl (C=O) groups is 1. The van der Waals surface area contributed by atoms with Crippen LogP contribution in [-0.4, -0.2) is 15.5 Å². The largest absolute Gasteiger partial charge is 0.349 e. The van der Waals surface area contributed by atoms with Crippen LogP contribution in [0.15, 0.2) is 52.9 Å². The first-order chi connectivity index (χ1) is 11.6. The third kappa shape index (κ3) is 3.71. The molecule has 5 nitrogen and oxygen atoms in total. The van der Waals surface area contributed by atoms with Gasteiger partial charge >= 0.3 is 0 Å². The number of rotatable bonds is 6. The Kier molecular flexibility index (Phi) is 5.05. The molecule has 2 heterocycles. The summed E-state index contributed by atoms with van der Waals surface area (Å²) in [6.45, 7) is 2.46. The van der Waals surface area contributed by atoms with Crippen molar-refractivity contribution in [2.24, 2.45) is 0 Å². The normalized spacial score (nSPS) is 12.2. The van der Waals surface area contributed by atoms with Crippen LogP contribution >= 0.6 is 11.3 Å². The highest BCUT2D eigenvalue weighted by Gasteiger charge is 2.10. The predicted octanol–water partition coefficient (Wildman–Crippen LogP) is 3.12. The lowest BCUT2D eigenvalue weighted by Gasteiger charge is -2.12. The summed E-state index contributed by atoms with van der Waals surface area (Å²) >= 11 is 1.63. The molecule has 3 aromatic rings. The van der Waals surface area contributed by atoms with E-state index in [1.165, 1.54) is 0 Å². The Hall–Kier alpha value is -2.47. The average molecular weight is 341 g/mol. The highest BCUT2D eigenvalue weighted by molar-refractivity contribution is 7.10. The highest BCUT2D eigenvalue weighted by atomic mass is 32.1. The Labute approximate surface area is 144 Å². The van der Waals surface area contributed by atoms with Gasteiger partial charge < -0.3 is 5.32 Å². The summed E-state index contributed by atoms with van der Waals surface area (Å²) in [7, 11) is 0. The van der Waals surface area contributed by atoms with E-state index in [9.17, 15) is 9.59 Å². The van der Waals surface area contributed by atoms with Crippen molar-refractivity contribution in [3.63, 3.8) is 0 Å². The summed E-state index contributed by atoms with van der Waals surface area (Å²) in [5, 5.41) is 5.59. The van der Waals surface area contributed by atoms with Gasteiger partial charge in [-0.1, -0.05) is 18.2 Å². The van der Waals surface area contributed by atoms with Crippen LogP contribution in [0, 0.1) is 0 Å². The molecule has 1 unspecified atom stereocenters. The molecule has 0 aliphatic heterocycles. The standard InChI is InChI=1S/C18H19N3O2S/c1-13(16-8-5-11-24-16)20-17(22)9-4-10-21-12-19-15-7-3-2-6-14(15)18(21)23/h2-3,5-8,11-13H,4,9-10H2,1H3,(H,20,22). The van der Waals surface area contributed by atoms with E-state index in [0.29, 0.717) is 30.3 Å². The molecule has 1 amide bonds. The third-order valence-corrected chi connectivity index (χ3v) is 4.94. The zero-order valence-electron chi connectivity index (χ0n) is 13.4. The molecule has 124 valence electrons. The van der Waals surface area contributed by atoms with E-state index in [0.717, 1.165) is 4.88 Å². The van der Waals surface area contributed by atoms with Crippen molar-refractivity contribution >= 4 is 28.1 Å². The minimum Gasteiger partial charge on any atom is -0.349 e. The van der Waals surface area contributed by atoms with Gasteiger partial charge in [0.25, 0.3) is 5.56 Å². The van der Waals surface area contributed by atoms with Gasteiger partial charge in [0, 0.05) is 17.8 Å². The monoisotopic (exact) mass is 341 g/mol. The summed E-state index contributed by atoms with van der Waals surface area (Å²) in [4.78, 5) is 29.8. The predicted molar refractivity (Wildman–Crippen MR) is 96.1 cm³/mol. The van der Waals surface area contributed by atoms with Gasteiger partial charge in [0.05, 0.1) is 23.3 Å². The number of hydrogen-bond donors (Lipinski definition) is 1. The van der Waals surface area contributed by atoms with Crippen LogP contribution in [0.3, 0.4) is 0 Å². The Morgan fingerprint density at radius 1 is 1.29 bits per heavy atom. The number of fused-ring (bicyclic) bond motifs is 1. The number of nitrogens with one attached hydrogen (secondary N) is 1. The minimum absolute atomic E-state index is 0.00213. The summed E-state index contributed by atoms with van der Waals surface area (Å²) in [6, 6.07) is 11.3. The van der Waals surface area contributed by atoms with Crippen LogP contribution in [0.1, 0.15) is 30.7 Å². The molecule has 0 aliphatic carbocycles. The Bertz CT molecular complexity index is 887. The van der Waals surface area contributed by atoms with Gasteiger partial charge in [0.1, 0.15) is 0 Å². The molecule has 0 aliphatic rings. The zero-order valence-corrected chi connectivity index (χ0v) is 14.3. The van der Waals surface area contributed by atoms with Crippen molar-refractivity contribution < 1.29 is 4.79 Å². The van der Waals surface area contributed by atoms with Crippen molar-refractivity contribution in [3.8, 4) is 0 Å². The number of para-hydroxylation sites is 1. The second-order valence-electron chi connectivity index (χ2n) is 5.67. The van der Waals surface area contributed by atoms with Crippen LogP contribution in [0.5, 0.6) is 0 Å². The van der Waals surface area contributed by atoms with Crippen molar-refractivity contribution in [1.82, 2.24) is 14.9 Å². The van der Waals surface area contributed by atoms with Gasteiger partial charge in [-0.05, 0) is 36.9 Å². The summed E-state index contributed by atoms with van der Waals surface area (Å²) < 4.78 is 1.57. The lowest BCUT2D eigenvalue weighted by atomic mass is 10.2. The van der Waals surface area contributed by atoms with E-state index >= 15 is 0 Å². The molecule has 1 N–H and O–H groups in total. The van der Waals surface area contributed by atoms with Crippen LogP contribution in [0.25, 0.3) is 10.9 Å². The summed E-state index contributed by atoms with van der Waals surface area (Å²) in [5.41, 5.74) is 0.634. The Morgan fingerprint density at radius 3 is 2.92 bits per heavy atom. The molecule has 0 fully saturated rings. The lowest BCUT2D eigenvalue weighted by Crippen LogP contribution is -2.27. The van der Waals surface area contributed by atoms with E-state index in [4.69, 9.17) is 0 Å². The molecule has 0 radical (unpaired) electrons. The highest BCUT2D eigenvalue weighted by Crippen LogP contribution is 2.18. The molecule has 24 heavy (non-hydrogen) atoms. The smallest absolute Gasteiger partial charge is 0.261 e. The number of benzene rings is 1. The van der Waals surface area contributed by atoms with Crippen LogP contribution < -0.4 is 10.9 Å². The Morgan fingerprint density at radius 2 is 2.12 bits per heavy atom. The van der Waals surface area contributed by atoms with Gasteiger partial charge in [-0.2, -0.15) is 0 Å². The molecule has 0 spiro atoms. The quantitative estimate of drug-likeness (QED) is 0.749. The van der Waals surface area contributed by atoms with Gasteiger partial charge in [-0.15, -0.1) is 11.3 Å². The fraction of sp³-hybridized carbons (Fsp3) is 0.278. The molecule has 0 saturated carbocycles. The molecular weight excluding hydrogens is 322 g/mol. The molecule has 0 saturated heterocycles. The minimum atomic E-state index is -0.0621. The van der Waals surface area contributed by atoms with Crippen molar-refractivity contribution in [3.05, 3.63) is 63.3 Å². The van der Waals surface area contributed by atoms with Crippen LogP contribution in [0.2, 0.25) is 0 Å². The fourth-order valence-corrected chi connectivity index (χ4v) is 3.33. The third-order valence-electron chi connectivity index (χ3n) is 3.88. The summed E-state index contributed by atoms with van der Waals surface area (Å²) in [5.74, 6) is -0.00213. The number of carbonyl (C=O) groups excluding carboxylic acids is 1. The molecule has 2 aromatic heterocycles. The number of hydrogen-bond acceptors (Lipinski definition) is 4. The number of nitrogens with zero attached hydrogens (tertiary/aromatic N) is 2. The van der Waals surface area contributed by atoms with Gasteiger partial charge in [-0.25, -0.2) is 4.98 Å². The first-order valence-corrected chi connectivity index (χ1v) is 8.80. The van der Waals surface area contributed by atoms with Crippen molar-refractivity contribution in [1.29, 1.82) is 0 Å². The SMILES string of the molecule is CC(NC(=O)CCCn1cnc2ccccc2c1=O)c1cccs1. The zero-order chi connectivity index (χ0) is 16.9. The number of aromatic nitrogens is 2. The fourth-order valence-electron chi connectivity index (χ4n) is 2.60. The van der Waals surface area contributed by atoms with Gasteiger partial charge in [0.15, 0.2) is 0 Å². The maximum atomic E-state index is 12.4. The molecule has 1 atom stereocenters. The molecule has 3 rings (SSSR count). The lowest BCUT2D eigenvalue weighted by molar-refractivity contribution is -0.121. The van der Waals surface area contributed by atoms with Crippen LogP contribution in [0.4, 0.5) is 0 Å². The van der Waals surface area contributed by atoms with E-state index in [1.54, 1.807) is 28.3 Å². The summed E-state index contributed by atoms with van der Waals surface area (Å²) in [6.07, 6.45) is 2.54. The molecule has 6 heteroatoms. The second-order valence-corrected chi connectivity index (χ2v) is 6.65. The Balaban J connectivity index is 1.56. The van der Waals surface area contributed by atoms with E-state index in [-0.39, 0.29) is 17.5 Å². The second kappa shape index (κ2) is 7.40.